The fourth-order valence-corrected chi connectivity index (χ4v) is 1.57. The van der Waals surface area contributed by atoms with Crippen LogP contribution in [0.15, 0.2) is 0 Å². The average molecular weight is 215 g/mol. The summed E-state index contributed by atoms with van der Waals surface area (Å²) in [6.07, 6.45) is 1.23. The minimum atomic E-state index is 0.210. The van der Waals surface area contributed by atoms with Gasteiger partial charge in [0.2, 0.25) is 0 Å². The third-order valence-electron chi connectivity index (χ3n) is 2.70. The van der Waals surface area contributed by atoms with Gasteiger partial charge in [-0.15, -0.1) is 0 Å². The Balaban J connectivity index is 4.03. The molecule has 0 radical (unpaired) electrons. The molecule has 0 spiro atoms. The van der Waals surface area contributed by atoms with Crippen LogP contribution in [0.4, 0.5) is 0 Å². The minimum absolute atomic E-state index is 0.210. The molecule has 0 heterocycles. The van der Waals surface area contributed by atoms with Gasteiger partial charge in [0, 0.05) is 25.2 Å². The van der Waals surface area contributed by atoms with Crippen molar-refractivity contribution in [3.63, 3.8) is 0 Å². The molecule has 0 saturated carbocycles. The van der Waals surface area contributed by atoms with E-state index in [1.807, 2.05) is 7.05 Å². The van der Waals surface area contributed by atoms with Crippen LogP contribution in [-0.2, 0) is 0 Å². The molecule has 0 aromatic heterocycles. The lowest BCUT2D eigenvalue weighted by molar-refractivity contribution is 0.190. The summed E-state index contributed by atoms with van der Waals surface area (Å²) >= 11 is 0. The molecule has 0 unspecified atom stereocenters. The fraction of sp³-hybridized carbons (Fsp3) is 1.00. The number of hydrogen-bond acceptors (Lipinski definition) is 3. The van der Waals surface area contributed by atoms with E-state index < -0.39 is 0 Å². The Labute approximate surface area is 95.8 Å². The molecule has 3 heteroatoms. The molecule has 0 amide bonds. The summed E-state index contributed by atoms with van der Waals surface area (Å²) in [4.78, 5) is 4.78. The molecule has 92 valence electrons. The molecule has 0 rings (SSSR count). The van der Waals surface area contributed by atoms with Gasteiger partial charge in [0.15, 0.2) is 0 Å². The smallest absolute Gasteiger partial charge is 0.0249 e. The Morgan fingerprint density at radius 1 is 1.07 bits per heavy atom. The van der Waals surface area contributed by atoms with E-state index in [9.17, 15) is 0 Å². The number of nitrogens with one attached hydrogen (secondary N) is 1. The van der Waals surface area contributed by atoms with Crippen LogP contribution in [0.3, 0.4) is 0 Å². The summed E-state index contributed by atoms with van der Waals surface area (Å²) in [6.45, 7) is 11.4. The lowest BCUT2D eigenvalue weighted by atomic mass is 10.1. The van der Waals surface area contributed by atoms with Gasteiger partial charge >= 0.3 is 0 Å². The molecule has 0 aromatic carbocycles. The average Bonchev–Trinajstić information content (AvgIpc) is 2.14. The zero-order chi connectivity index (χ0) is 11.9. The van der Waals surface area contributed by atoms with Crippen molar-refractivity contribution in [2.45, 2.75) is 32.7 Å². The number of rotatable bonds is 8. The molecule has 0 aliphatic carbocycles. The van der Waals surface area contributed by atoms with Gasteiger partial charge < -0.3 is 15.1 Å². The Bertz CT molecular complexity index is 155. The fourth-order valence-electron chi connectivity index (χ4n) is 1.57. The van der Waals surface area contributed by atoms with Crippen LogP contribution in [0.1, 0.15) is 27.2 Å². The van der Waals surface area contributed by atoms with Gasteiger partial charge in [0.25, 0.3) is 0 Å². The van der Waals surface area contributed by atoms with Gasteiger partial charge in [0.1, 0.15) is 0 Å². The maximum Gasteiger partial charge on any atom is 0.0249 e. The van der Waals surface area contributed by atoms with Crippen molar-refractivity contribution in [1.82, 2.24) is 15.1 Å². The van der Waals surface area contributed by atoms with Gasteiger partial charge in [-0.2, -0.15) is 0 Å². The van der Waals surface area contributed by atoms with E-state index in [4.69, 9.17) is 0 Å². The third kappa shape index (κ3) is 7.77. The SMILES string of the molecule is CCCN(CCN(C)C)CC(C)(C)NC. The number of likely N-dealkylation sites (N-methyl/N-ethyl adjacent to an activating group) is 2. The Kier molecular flexibility index (Phi) is 7.14. The molecule has 0 aromatic rings. The molecule has 15 heavy (non-hydrogen) atoms. The van der Waals surface area contributed by atoms with E-state index in [-0.39, 0.29) is 5.54 Å². The first-order chi connectivity index (χ1) is 6.91. The van der Waals surface area contributed by atoms with E-state index in [2.05, 4.69) is 50.0 Å². The topological polar surface area (TPSA) is 18.5 Å². The first kappa shape index (κ1) is 14.9. The van der Waals surface area contributed by atoms with E-state index in [0.29, 0.717) is 0 Å². The first-order valence-corrected chi connectivity index (χ1v) is 5.97. The Morgan fingerprint density at radius 2 is 1.67 bits per heavy atom. The molecule has 0 saturated heterocycles. The number of hydrogen-bond donors (Lipinski definition) is 1. The first-order valence-electron chi connectivity index (χ1n) is 5.97. The lowest BCUT2D eigenvalue weighted by Gasteiger charge is -2.33. The molecular weight excluding hydrogens is 186 g/mol. The van der Waals surface area contributed by atoms with Gasteiger partial charge in [-0.05, 0) is 48.0 Å². The van der Waals surface area contributed by atoms with E-state index in [0.717, 1.165) is 19.6 Å². The van der Waals surface area contributed by atoms with Crippen molar-refractivity contribution < 1.29 is 0 Å². The van der Waals surface area contributed by atoms with Crippen LogP contribution < -0.4 is 5.32 Å². The van der Waals surface area contributed by atoms with Crippen LogP contribution in [-0.4, -0.2) is 62.7 Å². The normalized spacial score (nSPS) is 12.8. The van der Waals surface area contributed by atoms with Crippen LogP contribution >= 0.6 is 0 Å². The second kappa shape index (κ2) is 7.20. The molecule has 0 atom stereocenters. The maximum atomic E-state index is 3.36. The summed E-state index contributed by atoms with van der Waals surface area (Å²) in [6, 6.07) is 0. The Hall–Kier alpha value is -0.120. The van der Waals surface area contributed by atoms with E-state index >= 15 is 0 Å². The predicted molar refractivity (Wildman–Crippen MR) is 68.4 cm³/mol. The monoisotopic (exact) mass is 215 g/mol. The highest BCUT2D eigenvalue weighted by molar-refractivity contribution is 4.80. The molecule has 0 aliphatic heterocycles. The summed E-state index contributed by atoms with van der Waals surface area (Å²) in [5.74, 6) is 0. The van der Waals surface area contributed by atoms with Gasteiger partial charge in [-0.25, -0.2) is 0 Å². The Morgan fingerprint density at radius 3 is 2.07 bits per heavy atom. The molecule has 3 nitrogen and oxygen atoms in total. The molecule has 0 aliphatic rings. The van der Waals surface area contributed by atoms with E-state index in [1.165, 1.54) is 13.0 Å². The van der Waals surface area contributed by atoms with Crippen LogP contribution in [0.25, 0.3) is 0 Å². The number of nitrogens with zero attached hydrogens (tertiary/aromatic N) is 2. The van der Waals surface area contributed by atoms with Crippen molar-refractivity contribution in [2.75, 3.05) is 47.3 Å². The molecule has 0 bridgehead atoms. The van der Waals surface area contributed by atoms with Crippen molar-refractivity contribution in [3.05, 3.63) is 0 Å². The second-order valence-electron chi connectivity index (χ2n) is 5.21. The molecule has 1 N–H and O–H groups in total. The van der Waals surface area contributed by atoms with Crippen LogP contribution in [0.2, 0.25) is 0 Å². The standard InChI is InChI=1S/C12H29N3/c1-7-8-15(10-9-14(5)6)11-12(2,3)13-4/h13H,7-11H2,1-6H3. The summed E-state index contributed by atoms with van der Waals surface area (Å²) in [7, 11) is 6.30. The highest BCUT2D eigenvalue weighted by atomic mass is 15.2. The second-order valence-corrected chi connectivity index (χ2v) is 5.21. The molecular formula is C12H29N3. The van der Waals surface area contributed by atoms with Crippen LogP contribution in [0.5, 0.6) is 0 Å². The predicted octanol–water partition coefficient (Wildman–Crippen LogP) is 1.26. The molecule has 0 fully saturated rings. The van der Waals surface area contributed by atoms with Crippen molar-refractivity contribution in [3.8, 4) is 0 Å². The van der Waals surface area contributed by atoms with E-state index in [1.54, 1.807) is 0 Å². The maximum absolute atomic E-state index is 3.36. The summed E-state index contributed by atoms with van der Waals surface area (Å²) < 4.78 is 0. The largest absolute Gasteiger partial charge is 0.314 e. The lowest BCUT2D eigenvalue weighted by Crippen LogP contribution is -2.49. The zero-order valence-corrected chi connectivity index (χ0v) is 11.4. The quantitative estimate of drug-likeness (QED) is 0.657. The van der Waals surface area contributed by atoms with Crippen molar-refractivity contribution >= 4 is 0 Å². The third-order valence-corrected chi connectivity index (χ3v) is 2.70. The highest BCUT2D eigenvalue weighted by Crippen LogP contribution is 2.05. The highest BCUT2D eigenvalue weighted by Gasteiger charge is 2.18. The minimum Gasteiger partial charge on any atom is -0.314 e. The van der Waals surface area contributed by atoms with Gasteiger partial charge in [-0.1, -0.05) is 6.92 Å². The van der Waals surface area contributed by atoms with Crippen molar-refractivity contribution in [1.29, 1.82) is 0 Å². The van der Waals surface area contributed by atoms with Gasteiger partial charge in [0.05, 0.1) is 0 Å². The van der Waals surface area contributed by atoms with Crippen LogP contribution in [0, 0.1) is 0 Å². The van der Waals surface area contributed by atoms with Crippen molar-refractivity contribution in [2.24, 2.45) is 0 Å². The zero-order valence-electron chi connectivity index (χ0n) is 11.4. The summed E-state index contributed by atoms with van der Waals surface area (Å²) in [5, 5.41) is 3.36. The summed E-state index contributed by atoms with van der Waals surface area (Å²) in [5.41, 5.74) is 0.210. The van der Waals surface area contributed by atoms with Gasteiger partial charge in [-0.3, -0.25) is 0 Å².